The van der Waals surface area contributed by atoms with Gasteiger partial charge >= 0.3 is 12.3 Å². The zero-order chi connectivity index (χ0) is 20.4. The molecule has 1 aromatic rings. The van der Waals surface area contributed by atoms with Crippen LogP contribution in [0.5, 0.6) is 0 Å². The van der Waals surface area contributed by atoms with Gasteiger partial charge in [-0.15, -0.1) is 0 Å². The predicted octanol–water partition coefficient (Wildman–Crippen LogP) is 2.81. The lowest BCUT2D eigenvalue weighted by atomic mass is 10.0. The van der Waals surface area contributed by atoms with Crippen molar-refractivity contribution in [2.45, 2.75) is 51.1 Å². The van der Waals surface area contributed by atoms with Gasteiger partial charge in [-0.25, -0.2) is 4.79 Å². The van der Waals surface area contributed by atoms with Crippen LogP contribution in [0.15, 0.2) is 24.3 Å². The summed E-state index contributed by atoms with van der Waals surface area (Å²) < 4.78 is 43.1. The standard InChI is InChI=1S/C18H23F3N2O4/c1-17(2,3)27-16(26)23-9-8-14(24)13(10-23)22-15(25)11-4-6-12(7-5-11)18(19,20)21/h4-7,13-14,24H,8-10H2,1-3H3,(H,22,25). The molecule has 0 saturated carbocycles. The molecule has 1 heterocycles. The van der Waals surface area contributed by atoms with Gasteiger partial charge in [0.1, 0.15) is 5.60 Å². The van der Waals surface area contributed by atoms with E-state index in [-0.39, 0.29) is 25.1 Å². The molecule has 150 valence electrons. The van der Waals surface area contributed by atoms with Crippen molar-refractivity contribution in [1.82, 2.24) is 10.2 Å². The predicted molar refractivity (Wildman–Crippen MR) is 91.1 cm³/mol. The van der Waals surface area contributed by atoms with Crippen LogP contribution in [0.25, 0.3) is 0 Å². The van der Waals surface area contributed by atoms with E-state index in [1.165, 1.54) is 4.90 Å². The quantitative estimate of drug-likeness (QED) is 0.817. The number of amides is 2. The number of hydrogen-bond acceptors (Lipinski definition) is 4. The van der Waals surface area contributed by atoms with Crippen LogP contribution in [0.2, 0.25) is 0 Å². The Kier molecular flexibility index (Phi) is 6.04. The number of carbonyl (C=O) groups excluding carboxylic acids is 2. The lowest BCUT2D eigenvalue weighted by Gasteiger charge is -2.37. The van der Waals surface area contributed by atoms with E-state index in [9.17, 15) is 27.9 Å². The number of piperidine rings is 1. The van der Waals surface area contributed by atoms with Crippen LogP contribution in [0.1, 0.15) is 43.1 Å². The van der Waals surface area contributed by atoms with E-state index in [0.29, 0.717) is 0 Å². The molecule has 2 rings (SSSR count). The van der Waals surface area contributed by atoms with E-state index in [1.54, 1.807) is 20.8 Å². The molecule has 1 aromatic carbocycles. The summed E-state index contributed by atoms with van der Waals surface area (Å²) in [5.74, 6) is -0.626. The number of carbonyl (C=O) groups is 2. The molecule has 1 saturated heterocycles. The number of aliphatic hydroxyl groups excluding tert-OH is 1. The summed E-state index contributed by atoms with van der Waals surface area (Å²) in [6.45, 7) is 5.51. The third-order valence-corrected chi connectivity index (χ3v) is 4.02. The molecular formula is C18H23F3N2O4. The molecule has 1 fully saturated rings. The molecule has 2 amide bonds. The summed E-state index contributed by atoms with van der Waals surface area (Å²) in [6.07, 6.45) is -5.66. The number of nitrogens with one attached hydrogen (secondary N) is 1. The van der Waals surface area contributed by atoms with Gasteiger partial charge in [0.2, 0.25) is 0 Å². The number of likely N-dealkylation sites (tertiary alicyclic amines) is 1. The van der Waals surface area contributed by atoms with Crippen molar-refractivity contribution in [3.05, 3.63) is 35.4 Å². The lowest BCUT2D eigenvalue weighted by Crippen LogP contribution is -2.57. The van der Waals surface area contributed by atoms with Gasteiger partial charge in [0.05, 0.1) is 17.7 Å². The minimum atomic E-state index is -4.48. The molecule has 6 nitrogen and oxygen atoms in total. The van der Waals surface area contributed by atoms with Crippen molar-refractivity contribution in [3.63, 3.8) is 0 Å². The van der Waals surface area contributed by atoms with Crippen LogP contribution in [0.3, 0.4) is 0 Å². The van der Waals surface area contributed by atoms with Crippen LogP contribution in [0.4, 0.5) is 18.0 Å². The highest BCUT2D eigenvalue weighted by atomic mass is 19.4. The smallest absolute Gasteiger partial charge is 0.416 e. The van der Waals surface area contributed by atoms with Crippen molar-refractivity contribution in [1.29, 1.82) is 0 Å². The number of rotatable bonds is 2. The first-order valence-electron chi connectivity index (χ1n) is 8.51. The zero-order valence-corrected chi connectivity index (χ0v) is 15.3. The fourth-order valence-corrected chi connectivity index (χ4v) is 2.64. The molecule has 0 aliphatic carbocycles. The van der Waals surface area contributed by atoms with Crippen molar-refractivity contribution in [2.24, 2.45) is 0 Å². The van der Waals surface area contributed by atoms with Crippen LogP contribution in [0, 0.1) is 0 Å². The van der Waals surface area contributed by atoms with Crippen molar-refractivity contribution >= 4 is 12.0 Å². The van der Waals surface area contributed by atoms with Crippen LogP contribution >= 0.6 is 0 Å². The first kappa shape index (κ1) is 21.0. The minimum Gasteiger partial charge on any atom is -0.444 e. The van der Waals surface area contributed by atoms with Gasteiger partial charge in [-0.1, -0.05) is 0 Å². The highest BCUT2D eigenvalue weighted by Crippen LogP contribution is 2.29. The highest BCUT2D eigenvalue weighted by Gasteiger charge is 2.34. The maximum atomic E-state index is 12.6. The molecule has 0 bridgehead atoms. The Morgan fingerprint density at radius 3 is 2.30 bits per heavy atom. The summed E-state index contributed by atoms with van der Waals surface area (Å²) in [7, 11) is 0. The summed E-state index contributed by atoms with van der Waals surface area (Å²) in [6, 6.07) is 3.03. The Hall–Kier alpha value is -2.29. The zero-order valence-electron chi connectivity index (χ0n) is 15.3. The average Bonchev–Trinajstić information content (AvgIpc) is 2.54. The highest BCUT2D eigenvalue weighted by molar-refractivity contribution is 5.94. The van der Waals surface area contributed by atoms with E-state index < -0.39 is 41.5 Å². The number of hydrogen-bond donors (Lipinski definition) is 2. The van der Waals surface area contributed by atoms with Crippen molar-refractivity contribution < 1.29 is 32.6 Å². The second-order valence-electron chi connectivity index (χ2n) is 7.44. The molecule has 2 unspecified atom stereocenters. The summed E-state index contributed by atoms with van der Waals surface area (Å²) in [5.41, 5.74) is -1.50. The maximum absolute atomic E-state index is 12.6. The average molecular weight is 388 g/mol. The summed E-state index contributed by atoms with van der Waals surface area (Å²) in [4.78, 5) is 25.8. The Balaban J connectivity index is 2.02. The van der Waals surface area contributed by atoms with Crippen molar-refractivity contribution in [2.75, 3.05) is 13.1 Å². The van der Waals surface area contributed by atoms with E-state index in [2.05, 4.69) is 5.32 Å². The molecule has 2 N–H and O–H groups in total. The largest absolute Gasteiger partial charge is 0.444 e. The third-order valence-electron chi connectivity index (χ3n) is 4.02. The topological polar surface area (TPSA) is 78.9 Å². The number of nitrogens with zero attached hydrogens (tertiary/aromatic N) is 1. The third kappa shape index (κ3) is 5.85. The Bertz CT molecular complexity index is 683. The van der Waals surface area contributed by atoms with Gasteiger partial charge < -0.3 is 20.1 Å². The molecule has 9 heteroatoms. The van der Waals surface area contributed by atoms with Crippen LogP contribution in [-0.4, -0.2) is 52.8 Å². The molecule has 0 spiro atoms. The van der Waals surface area contributed by atoms with Gasteiger partial charge in [0, 0.05) is 18.7 Å². The SMILES string of the molecule is CC(C)(C)OC(=O)N1CCC(O)C(NC(=O)c2ccc(C(F)(F)F)cc2)C1. The van der Waals surface area contributed by atoms with E-state index in [4.69, 9.17) is 4.74 Å². The Morgan fingerprint density at radius 1 is 1.19 bits per heavy atom. The van der Waals surface area contributed by atoms with Crippen LogP contribution in [-0.2, 0) is 10.9 Å². The first-order valence-corrected chi connectivity index (χ1v) is 8.51. The number of halogens is 3. The summed E-state index contributed by atoms with van der Waals surface area (Å²) >= 11 is 0. The number of alkyl halides is 3. The normalized spacial score (nSPS) is 20.9. The monoisotopic (exact) mass is 388 g/mol. The van der Waals surface area contributed by atoms with Gasteiger partial charge in [0.15, 0.2) is 0 Å². The number of aliphatic hydroxyl groups is 1. The second kappa shape index (κ2) is 7.75. The molecule has 0 aromatic heterocycles. The molecule has 0 radical (unpaired) electrons. The maximum Gasteiger partial charge on any atom is 0.416 e. The molecule has 27 heavy (non-hydrogen) atoms. The second-order valence-corrected chi connectivity index (χ2v) is 7.44. The molecule has 1 aliphatic rings. The Morgan fingerprint density at radius 2 is 1.78 bits per heavy atom. The molecule has 2 atom stereocenters. The van der Waals surface area contributed by atoms with Gasteiger partial charge in [-0.05, 0) is 51.5 Å². The van der Waals surface area contributed by atoms with Crippen molar-refractivity contribution in [3.8, 4) is 0 Å². The molecule has 1 aliphatic heterocycles. The first-order chi connectivity index (χ1) is 12.4. The van der Waals surface area contributed by atoms with Gasteiger partial charge in [-0.2, -0.15) is 13.2 Å². The van der Waals surface area contributed by atoms with Gasteiger partial charge in [-0.3, -0.25) is 4.79 Å². The van der Waals surface area contributed by atoms with E-state index in [1.807, 2.05) is 0 Å². The lowest BCUT2D eigenvalue weighted by molar-refractivity contribution is -0.137. The molecular weight excluding hydrogens is 365 g/mol. The Labute approximate surface area is 155 Å². The fraction of sp³-hybridized carbons (Fsp3) is 0.556. The summed E-state index contributed by atoms with van der Waals surface area (Å²) in [5, 5.41) is 12.7. The fourth-order valence-electron chi connectivity index (χ4n) is 2.64. The van der Waals surface area contributed by atoms with Gasteiger partial charge in [0.25, 0.3) is 5.91 Å². The van der Waals surface area contributed by atoms with Crippen LogP contribution < -0.4 is 5.32 Å². The minimum absolute atomic E-state index is 0.0320. The van der Waals surface area contributed by atoms with E-state index in [0.717, 1.165) is 24.3 Å². The van der Waals surface area contributed by atoms with E-state index >= 15 is 0 Å². The number of ether oxygens (including phenoxy) is 1. The number of benzene rings is 1.